The molecule has 0 bridgehead atoms. The molecule has 2 rings (SSSR count). The van der Waals surface area contributed by atoms with Crippen LogP contribution in [0.3, 0.4) is 0 Å². The predicted molar refractivity (Wildman–Crippen MR) is 80.8 cm³/mol. The Morgan fingerprint density at radius 3 is 2.43 bits per heavy atom. The van der Waals surface area contributed by atoms with E-state index in [2.05, 4.69) is 6.92 Å². The SMILES string of the molecule is CCc1cccc(Oc2cc(C=O)cc(OC)c2OC)c1. The maximum absolute atomic E-state index is 11.0. The third-order valence-corrected chi connectivity index (χ3v) is 3.14. The average molecular weight is 286 g/mol. The van der Waals surface area contributed by atoms with Gasteiger partial charge in [-0.25, -0.2) is 0 Å². The number of benzene rings is 2. The predicted octanol–water partition coefficient (Wildman–Crippen LogP) is 3.87. The molecular formula is C17H18O4. The highest BCUT2D eigenvalue weighted by Gasteiger charge is 2.14. The van der Waals surface area contributed by atoms with E-state index in [1.165, 1.54) is 19.8 Å². The Labute approximate surface area is 124 Å². The van der Waals surface area contributed by atoms with E-state index >= 15 is 0 Å². The highest BCUT2D eigenvalue weighted by molar-refractivity contribution is 5.78. The monoisotopic (exact) mass is 286 g/mol. The molecule has 4 nitrogen and oxygen atoms in total. The van der Waals surface area contributed by atoms with Crippen LogP contribution in [0.15, 0.2) is 36.4 Å². The summed E-state index contributed by atoms with van der Waals surface area (Å²) in [4.78, 5) is 11.0. The summed E-state index contributed by atoms with van der Waals surface area (Å²) in [6.45, 7) is 2.08. The van der Waals surface area contributed by atoms with Gasteiger partial charge in [0.1, 0.15) is 12.0 Å². The zero-order chi connectivity index (χ0) is 15.2. The molecule has 0 spiro atoms. The number of hydrogen-bond acceptors (Lipinski definition) is 4. The van der Waals surface area contributed by atoms with Gasteiger partial charge in [-0.05, 0) is 36.2 Å². The van der Waals surface area contributed by atoms with Crippen LogP contribution in [0.5, 0.6) is 23.0 Å². The second-order valence-corrected chi connectivity index (χ2v) is 4.48. The summed E-state index contributed by atoms with van der Waals surface area (Å²) in [6, 6.07) is 11.0. The lowest BCUT2D eigenvalue weighted by Gasteiger charge is -2.14. The summed E-state index contributed by atoms with van der Waals surface area (Å²) < 4.78 is 16.4. The molecule has 0 unspecified atom stereocenters. The highest BCUT2D eigenvalue weighted by Crippen LogP contribution is 2.40. The maximum atomic E-state index is 11.0. The number of rotatable bonds is 6. The highest BCUT2D eigenvalue weighted by atomic mass is 16.5. The first-order valence-electron chi connectivity index (χ1n) is 6.69. The molecule has 2 aromatic carbocycles. The minimum atomic E-state index is 0.451. The van der Waals surface area contributed by atoms with E-state index in [9.17, 15) is 4.79 Å². The molecule has 0 aromatic heterocycles. The van der Waals surface area contributed by atoms with E-state index in [0.29, 0.717) is 28.6 Å². The lowest BCUT2D eigenvalue weighted by molar-refractivity contribution is 0.112. The van der Waals surface area contributed by atoms with Gasteiger partial charge in [-0.1, -0.05) is 19.1 Å². The van der Waals surface area contributed by atoms with Crippen LogP contribution in [0, 0.1) is 0 Å². The summed E-state index contributed by atoms with van der Waals surface area (Å²) in [5.74, 6) is 2.07. The fourth-order valence-corrected chi connectivity index (χ4v) is 2.05. The summed E-state index contributed by atoms with van der Waals surface area (Å²) in [7, 11) is 3.06. The van der Waals surface area contributed by atoms with Crippen LogP contribution in [0.25, 0.3) is 0 Å². The number of aldehydes is 1. The Balaban J connectivity index is 2.43. The second-order valence-electron chi connectivity index (χ2n) is 4.48. The Bertz CT molecular complexity index is 635. The summed E-state index contributed by atoms with van der Waals surface area (Å²) in [5, 5.41) is 0. The average Bonchev–Trinajstić information content (AvgIpc) is 2.54. The van der Waals surface area contributed by atoms with Gasteiger partial charge in [0.25, 0.3) is 0 Å². The molecule has 21 heavy (non-hydrogen) atoms. The van der Waals surface area contributed by atoms with E-state index in [-0.39, 0.29) is 0 Å². The van der Waals surface area contributed by atoms with Crippen LogP contribution < -0.4 is 14.2 Å². The van der Waals surface area contributed by atoms with Gasteiger partial charge >= 0.3 is 0 Å². The summed E-state index contributed by atoms with van der Waals surface area (Å²) in [5.41, 5.74) is 1.64. The third-order valence-electron chi connectivity index (χ3n) is 3.14. The molecule has 0 amide bonds. The van der Waals surface area contributed by atoms with Crippen molar-refractivity contribution < 1.29 is 19.0 Å². The van der Waals surface area contributed by atoms with E-state index in [1.807, 2.05) is 24.3 Å². The van der Waals surface area contributed by atoms with E-state index in [0.717, 1.165) is 12.7 Å². The van der Waals surface area contributed by atoms with Gasteiger partial charge in [0, 0.05) is 5.56 Å². The Kier molecular flexibility index (Phi) is 4.82. The smallest absolute Gasteiger partial charge is 0.203 e. The fourth-order valence-electron chi connectivity index (χ4n) is 2.05. The molecule has 0 aliphatic heterocycles. The quantitative estimate of drug-likeness (QED) is 0.756. The van der Waals surface area contributed by atoms with Gasteiger partial charge < -0.3 is 14.2 Å². The van der Waals surface area contributed by atoms with Gasteiger partial charge in [0.05, 0.1) is 14.2 Å². The number of methoxy groups -OCH3 is 2. The molecule has 0 aliphatic rings. The number of carbonyl (C=O) groups excluding carboxylic acids is 1. The minimum absolute atomic E-state index is 0.451. The van der Waals surface area contributed by atoms with Crippen LogP contribution >= 0.6 is 0 Å². The van der Waals surface area contributed by atoms with Crippen LogP contribution in [-0.2, 0) is 6.42 Å². The number of hydrogen-bond donors (Lipinski definition) is 0. The van der Waals surface area contributed by atoms with Crippen molar-refractivity contribution in [2.75, 3.05) is 14.2 Å². The van der Waals surface area contributed by atoms with Gasteiger partial charge in [0.15, 0.2) is 11.5 Å². The lowest BCUT2D eigenvalue weighted by Crippen LogP contribution is -1.97. The minimum Gasteiger partial charge on any atom is -0.493 e. The molecule has 0 N–H and O–H groups in total. The Morgan fingerprint density at radius 1 is 1.05 bits per heavy atom. The molecule has 0 atom stereocenters. The number of aryl methyl sites for hydroxylation is 1. The van der Waals surface area contributed by atoms with Gasteiger partial charge in [0.2, 0.25) is 5.75 Å². The van der Waals surface area contributed by atoms with Gasteiger partial charge in [-0.2, -0.15) is 0 Å². The molecule has 0 aliphatic carbocycles. The van der Waals surface area contributed by atoms with Crippen molar-refractivity contribution in [1.29, 1.82) is 0 Å². The van der Waals surface area contributed by atoms with Gasteiger partial charge in [-0.3, -0.25) is 4.79 Å². The van der Waals surface area contributed by atoms with Crippen molar-refractivity contribution in [3.63, 3.8) is 0 Å². The number of carbonyl (C=O) groups is 1. The molecule has 4 heteroatoms. The standard InChI is InChI=1S/C17H18O4/c1-4-12-6-5-7-14(8-12)21-16-10-13(11-18)9-15(19-2)17(16)20-3/h5-11H,4H2,1-3H3. The maximum Gasteiger partial charge on any atom is 0.203 e. The van der Waals surface area contributed by atoms with Crippen molar-refractivity contribution in [3.8, 4) is 23.0 Å². The van der Waals surface area contributed by atoms with Crippen LogP contribution in [0.1, 0.15) is 22.8 Å². The van der Waals surface area contributed by atoms with Crippen molar-refractivity contribution in [3.05, 3.63) is 47.5 Å². The zero-order valence-corrected chi connectivity index (χ0v) is 12.4. The Morgan fingerprint density at radius 2 is 1.81 bits per heavy atom. The van der Waals surface area contributed by atoms with Crippen molar-refractivity contribution in [2.24, 2.45) is 0 Å². The van der Waals surface area contributed by atoms with E-state index < -0.39 is 0 Å². The fraction of sp³-hybridized carbons (Fsp3) is 0.235. The normalized spacial score (nSPS) is 10.0. The first-order valence-corrected chi connectivity index (χ1v) is 6.69. The molecule has 0 saturated carbocycles. The second kappa shape index (κ2) is 6.79. The molecule has 0 fully saturated rings. The molecule has 0 radical (unpaired) electrons. The lowest BCUT2D eigenvalue weighted by atomic mass is 10.1. The van der Waals surface area contributed by atoms with Crippen LogP contribution in [-0.4, -0.2) is 20.5 Å². The summed E-state index contributed by atoms with van der Waals surface area (Å²) >= 11 is 0. The molecular weight excluding hydrogens is 268 g/mol. The van der Waals surface area contributed by atoms with E-state index in [4.69, 9.17) is 14.2 Å². The third kappa shape index (κ3) is 3.34. The molecule has 2 aromatic rings. The summed E-state index contributed by atoms with van der Waals surface area (Å²) in [6.07, 6.45) is 1.67. The molecule has 0 saturated heterocycles. The number of ether oxygens (including phenoxy) is 3. The van der Waals surface area contributed by atoms with Crippen molar-refractivity contribution >= 4 is 6.29 Å². The molecule has 0 heterocycles. The van der Waals surface area contributed by atoms with Crippen molar-refractivity contribution in [1.82, 2.24) is 0 Å². The van der Waals surface area contributed by atoms with Crippen LogP contribution in [0.2, 0.25) is 0 Å². The molecule has 110 valence electrons. The van der Waals surface area contributed by atoms with Crippen LogP contribution in [0.4, 0.5) is 0 Å². The first kappa shape index (κ1) is 14.9. The van der Waals surface area contributed by atoms with Crippen molar-refractivity contribution in [2.45, 2.75) is 13.3 Å². The largest absolute Gasteiger partial charge is 0.493 e. The van der Waals surface area contributed by atoms with E-state index in [1.54, 1.807) is 12.1 Å². The van der Waals surface area contributed by atoms with Gasteiger partial charge in [-0.15, -0.1) is 0 Å². The first-order chi connectivity index (χ1) is 10.2. The zero-order valence-electron chi connectivity index (χ0n) is 12.4. The topological polar surface area (TPSA) is 44.8 Å². The Hall–Kier alpha value is -2.49.